The van der Waals surface area contributed by atoms with Crippen molar-refractivity contribution in [3.05, 3.63) is 58.9 Å². The molecule has 2 aromatic rings. The predicted molar refractivity (Wildman–Crippen MR) is 90.6 cm³/mol. The third kappa shape index (κ3) is 3.38. The van der Waals surface area contributed by atoms with Gasteiger partial charge in [0.25, 0.3) is 0 Å². The molecule has 0 amide bonds. The van der Waals surface area contributed by atoms with E-state index in [0.717, 1.165) is 25.0 Å². The summed E-state index contributed by atoms with van der Waals surface area (Å²) in [6.07, 6.45) is -3.60. The van der Waals surface area contributed by atoms with E-state index < -0.39 is 37.9 Å². The largest absolute Gasteiger partial charge is 0.421 e. The normalized spacial score (nSPS) is 17.0. The van der Waals surface area contributed by atoms with Crippen molar-refractivity contribution in [1.82, 2.24) is 0 Å². The fraction of sp³-hybridized carbons (Fsp3) is 0.316. The van der Waals surface area contributed by atoms with E-state index in [4.69, 9.17) is 5.26 Å². The molecule has 28 heavy (non-hydrogen) atoms. The Bertz CT molecular complexity index is 1080. The molecule has 1 atom stereocenters. The molecule has 0 spiro atoms. The minimum absolute atomic E-state index is 0.0635. The minimum Gasteiger partial charge on any atom is -0.376 e. The Kier molecular flexibility index (Phi) is 4.76. The summed E-state index contributed by atoms with van der Waals surface area (Å²) < 4.78 is 79.3. The summed E-state index contributed by atoms with van der Waals surface area (Å²) in [6.45, 7) is 0.460. The predicted octanol–water partition coefficient (Wildman–Crippen LogP) is 4.18. The van der Waals surface area contributed by atoms with Crippen molar-refractivity contribution in [1.29, 1.82) is 5.26 Å². The SMILES string of the molecule is CC(O)(c1ccc(S(=O)(=O)c2ccc(C#N)cc2C2CC2)c(F)c1)C(F)(F)F. The molecule has 0 aliphatic heterocycles. The molecule has 0 heterocycles. The fourth-order valence-electron chi connectivity index (χ4n) is 2.88. The first-order valence-electron chi connectivity index (χ1n) is 8.28. The van der Waals surface area contributed by atoms with Crippen LogP contribution in [-0.4, -0.2) is 19.7 Å². The molecule has 1 aliphatic rings. The van der Waals surface area contributed by atoms with Gasteiger partial charge >= 0.3 is 6.18 Å². The van der Waals surface area contributed by atoms with Crippen molar-refractivity contribution in [2.24, 2.45) is 0 Å². The molecule has 0 bridgehead atoms. The number of aliphatic hydroxyl groups is 1. The number of alkyl halides is 3. The molecule has 1 fully saturated rings. The second-order valence-corrected chi connectivity index (χ2v) is 8.74. The lowest BCUT2D eigenvalue weighted by molar-refractivity contribution is -0.258. The second-order valence-electron chi connectivity index (χ2n) is 6.86. The monoisotopic (exact) mass is 413 g/mol. The number of nitriles is 1. The number of nitrogens with zero attached hydrogens (tertiary/aromatic N) is 1. The molecule has 1 N–H and O–H groups in total. The van der Waals surface area contributed by atoms with Crippen molar-refractivity contribution in [2.45, 2.75) is 47.3 Å². The Balaban J connectivity index is 2.11. The van der Waals surface area contributed by atoms with Gasteiger partial charge in [-0.05, 0) is 67.1 Å². The molecule has 0 saturated heterocycles. The second kappa shape index (κ2) is 6.57. The zero-order valence-corrected chi connectivity index (χ0v) is 15.4. The summed E-state index contributed by atoms with van der Waals surface area (Å²) in [6, 6.07) is 7.68. The van der Waals surface area contributed by atoms with E-state index in [2.05, 4.69) is 0 Å². The van der Waals surface area contributed by atoms with E-state index in [1.165, 1.54) is 18.2 Å². The van der Waals surface area contributed by atoms with Crippen LogP contribution in [0.25, 0.3) is 0 Å². The van der Waals surface area contributed by atoms with Crippen LogP contribution in [0.4, 0.5) is 17.6 Å². The van der Waals surface area contributed by atoms with Gasteiger partial charge in [0, 0.05) is 0 Å². The molecule has 0 radical (unpaired) electrons. The van der Waals surface area contributed by atoms with Crippen molar-refractivity contribution in [3.63, 3.8) is 0 Å². The summed E-state index contributed by atoms with van der Waals surface area (Å²) in [5.74, 6) is -1.46. The van der Waals surface area contributed by atoms with Crippen LogP contribution in [0.2, 0.25) is 0 Å². The van der Waals surface area contributed by atoms with Gasteiger partial charge in [-0.3, -0.25) is 0 Å². The summed E-state index contributed by atoms with van der Waals surface area (Å²) in [4.78, 5) is -0.968. The molecule has 148 valence electrons. The van der Waals surface area contributed by atoms with E-state index in [1.807, 2.05) is 6.07 Å². The van der Waals surface area contributed by atoms with E-state index in [1.54, 1.807) is 0 Å². The maximum atomic E-state index is 14.5. The number of rotatable bonds is 4. The minimum atomic E-state index is -5.06. The zero-order chi connectivity index (χ0) is 20.9. The van der Waals surface area contributed by atoms with Crippen LogP contribution in [0.15, 0.2) is 46.2 Å². The van der Waals surface area contributed by atoms with Gasteiger partial charge in [0.2, 0.25) is 9.84 Å². The first-order chi connectivity index (χ1) is 12.9. The highest BCUT2D eigenvalue weighted by Gasteiger charge is 2.51. The fourth-order valence-corrected chi connectivity index (χ4v) is 4.46. The lowest BCUT2D eigenvalue weighted by Gasteiger charge is -2.27. The molecule has 4 nitrogen and oxygen atoms in total. The van der Waals surface area contributed by atoms with E-state index in [-0.39, 0.29) is 16.4 Å². The summed E-state index contributed by atoms with van der Waals surface area (Å²) in [5.41, 5.74) is -3.48. The molecule has 0 aromatic heterocycles. The number of halogens is 4. The van der Waals surface area contributed by atoms with Gasteiger partial charge in [-0.25, -0.2) is 12.8 Å². The number of sulfone groups is 1. The molecular formula is C19H15F4NO3S. The standard InChI is InChI=1S/C19H15F4NO3S/c1-18(25,19(21,22)23)13-5-7-17(15(20)9-13)28(26,27)16-6-2-11(10-24)8-14(16)12-3-4-12/h2,5-9,12,25H,3-4H2,1H3. The van der Waals surface area contributed by atoms with Crippen molar-refractivity contribution in [3.8, 4) is 6.07 Å². The van der Waals surface area contributed by atoms with Gasteiger partial charge in [-0.1, -0.05) is 6.07 Å². The van der Waals surface area contributed by atoms with Gasteiger partial charge in [0.1, 0.15) is 10.7 Å². The van der Waals surface area contributed by atoms with Gasteiger partial charge in [-0.15, -0.1) is 0 Å². The van der Waals surface area contributed by atoms with Crippen LogP contribution in [0, 0.1) is 17.1 Å². The highest BCUT2D eigenvalue weighted by Crippen LogP contribution is 2.45. The first-order valence-corrected chi connectivity index (χ1v) is 9.76. The maximum absolute atomic E-state index is 14.5. The topological polar surface area (TPSA) is 78.2 Å². The number of benzene rings is 2. The van der Waals surface area contributed by atoms with Crippen LogP contribution in [0.3, 0.4) is 0 Å². The summed E-state index contributed by atoms with van der Waals surface area (Å²) in [7, 11) is -4.38. The van der Waals surface area contributed by atoms with E-state index >= 15 is 0 Å². The third-order valence-corrected chi connectivity index (χ3v) is 6.64. The molecule has 1 saturated carbocycles. The third-order valence-electron chi connectivity index (χ3n) is 4.78. The van der Waals surface area contributed by atoms with E-state index in [9.17, 15) is 31.1 Å². The Morgan fingerprint density at radius 3 is 2.21 bits per heavy atom. The Labute approximate surface area is 159 Å². The quantitative estimate of drug-likeness (QED) is 0.763. The van der Waals surface area contributed by atoms with Crippen LogP contribution < -0.4 is 0 Å². The van der Waals surface area contributed by atoms with Crippen LogP contribution in [-0.2, 0) is 15.4 Å². The molecule has 1 aliphatic carbocycles. The molecule has 2 aromatic carbocycles. The average Bonchev–Trinajstić information content (AvgIpc) is 3.44. The van der Waals surface area contributed by atoms with Crippen molar-refractivity contribution in [2.75, 3.05) is 0 Å². The average molecular weight is 413 g/mol. The highest BCUT2D eigenvalue weighted by molar-refractivity contribution is 7.91. The first kappa shape index (κ1) is 20.3. The molecule has 9 heteroatoms. The molecular weight excluding hydrogens is 398 g/mol. The smallest absolute Gasteiger partial charge is 0.376 e. The zero-order valence-electron chi connectivity index (χ0n) is 14.6. The van der Waals surface area contributed by atoms with Gasteiger partial charge in [0.15, 0.2) is 5.60 Å². The maximum Gasteiger partial charge on any atom is 0.421 e. The van der Waals surface area contributed by atoms with Gasteiger partial charge in [-0.2, -0.15) is 18.4 Å². The Morgan fingerprint density at radius 2 is 1.71 bits per heavy atom. The van der Waals surface area contributed by atoms with Crippen molar-refractivity contribution >= 4 is 9.84 Å². The number of hydrogen-bond acceptors (Lipinski definition) is 4. The lowest BCUT2D eigenvalue weighted by Crippen LogP contribution is -2.39. The van der Waals surface area contributed by atoms with Crippen LogP contribution in [0.5, 0.6) is 0 Å². The highest BCUT2D eigenvalue weighted by atomic mass is 32.2. The van der Waals surface area contributed by atoms with Gasteiger partial charge in [0.05, 0.1) is 16.5 Å². The number of hydrogen-bond donors (Lipinski definition) is 1. The molecule has 1 unspecified atom stereocenters. The van der Waals surface area contributed by atoms with Crippen molar-refractivity contribution < 1.29 is 31.1 Å². The summed E-state index contributed by atoms with van der Waals surface area (Å²) >= 11 is 0. The Hall–Kier alpha value is -2.44. The summed E-state index contributed by atoms with van der Waals surface area (Å²) in [5, 5.41) is 18.7. The van der Waals surface area contributed by atoms with E-state index in [0.29, 0.717) is 18.6 Å². The molecule has 3 rings (SSSR count). The lowest BCUT2D eigenvalue weighted by atomic mass is 9.95. The Morgan fingerprint density at radius 1 is 1.11 bits per heavy atom. The van der Waals surface area contributed by atoms with Crippen LogP contribution in [0.1, 0.15) is 42.4 Å². The van der Waals surface area contributed by atoms with Gasteiger partial charge < -0.3 is 5.11 Å². The van der Waals surface area contributed by atoms with Crippen LogP contribution >= 0.6 is 0 Å².